The molecule has 14 heavy (non-hydrogen) atoms. The van der Waals surface area contributed by atoms with Gasteiger partial charge in [-0.15, -0.1) is 0 Å². The summed E-state index contributed by atoms with van der Waals surface area (Å²) in [5.41, 5.74) is 10.8. The van der Waals surface area contributed by atoms with Crippen LogP contribution in [-0.2, 0) is 11.2 Å². The molecule has 1 unspecified atom stereocenters. The van der Waals surface area contributed by atoms with Crippen molar-refractivity contribution in [3.05, 3.63) is 35.9 Å². The smallest absolute Gasteiger partial charge is 0.320 e. The van der Waals surface area contributed by atoms with Crippen LogP contribution in [0.3, 0.4) is 0 Å². The van der Waals surface area contributed by atoms with Crippen molar-refractivity contribution in [2.45, 2.75) is 12.5 Å². The molecule has 4 nitrogen and oxygen atoms in total. The second-order valence-electron chi connectivity index (χ2n) is 2.63. The molecule has 0 aliphatic rings. The van der Waals surface area contributed by atoms with Crippen molar-refractivity contribution in [3.63, 3.8) is 0 Å². The first-order valence-electron chi connectivity index (χ1n) is 4.30. The van der Waals surface area contributed by atoms with Crippen LogP contribution < -0.4 is 11.5 Å². The van der Waals surface area contributed by atoms with Crippen molar-refractivity contribution in [1.82, 2.24) is 0 Å². The van der Waals surface area contributed by atoms with Gasteiger partial charge < -0.3 is 16.6 Å². The van der Waals surface area contributed by atoms with E-state index in [1.165, 1.54) is 7.05 Å². The quantitative estimate of drug-likeness (QED) is 0.645. The summed E-state index contributed by atoms with van der Waals surface area (Å²) in [4.78, 5) is 10.4. The van der Waals surface area contributed by atoms with E-state index >= 15 is 0 Å². The van der Waals surface area contributed by atoms with Crippen LogP contribution in [0.2, 0.25) is 0 Å². The molecule has 0 fully saturated rings. The average Bonchev–Trinajstić information content (AvgIpc) is 2.22. The van der Waals surface area contributed by atoms with Crippen LogP contribution in [0, 0.1) is 0 Å². The fraction of sp³-hybridized carbons (Fsp3) is 0.300. The second kappa shape index (κ2) is 7.06. The Morgan fingerprint density at radius 1 is 1.36 bits per heavy atom. The predicted molar refractivity (Wildman–Crippen MR) is 55.9 cm³/mol. The minimum Gasteiger partial charge on any atom is -0.480 e. The molecule has 4 heteroatoms. The van der Waals surface area contributed by atoms with Crippen LogP contribution in [0.4, 0.5) is 0 Å². The lowest BCUT2D eigenvalue weighted by atomic mass is 10.1. The first kappa shape index (κ1) is 12.6. The Labute approximate surface area is 83.5 Å². The van der Waals surface area contributed by atoms with Gasteiger partial charge in [0.25, 0.3) is 0 Å². The summed E-state index contributed by atoms with van der Waals surface area (Å²) >= 11 is 0. The molecule has 1 atom stereocenters. The summed E-state index contributed by atoms with van der Waals surface area (Å²) in [5, 5.41) is 8.52. The Hall–Kier alpha value is -1.39. The van der Waals surface area contributed by atoms with E-state index in [1.807, 2.05) is 30.3 Å². The number of carbonyl (C=O) groups is 1. The standard InChI is InChI=1S/C9H11NO2.CH5N/c10-8(9(11)12)6-7-4-2-1-3-5-7;1-2/h1-5,8H,6,10H2,(H,11,12);2H2,1H3. The minimum atomic E-state index is -0.959. The lowest BCUT2D eigenvalue weighted by molar-refractivity contribution is -0.138. The van der Waals surface area contributed by atoms with E-state index in [2.05, 4.69) is 5.73 Å². The number of nitrogens with two attached hydrogens (primary N) is 2. The van der Waals surface area contributed by atoms with E-state index in [0.29, 0.717) is 6.42 Å². The highest BCUT2D eigenvalue weighted by atomic mass is 16.4. The van der Waals surface area contributed by atoms with Gasteiger partial charge >= 0.3 is 5.97 Å². The van der Waals surface area contributed by atoms with Crippen molar-refractivity contribution in [3.8, 4) is 0 Å². The van der Waals surface area contributed by atoms with Crippen LogP contribution in [0.25, 0.3) is 0 Å². The van der Waals surface area contributed by atoms with Crippen LogP contribution in [0.5, 0.6) is 0 Å². The molecule has 0 amide bonds. The molecule has 0 aliphatic heterocycles. The Morgan fingerprint density at radius 3 is 2.29 bits per heavy atom. The number of hydrogen-bond acceptors (Lipinski definition) is 3. The van der Waals surface area contributed by atoms with E-state index < -0.39 is 12.0 Å². The average molecular weight is 196 g/mol. The van der Waals surface area contributed by atoms with Gasteiger partial charge in [-0.2, -0.15) is 0 Å². The topological polar surface area (TPSA) is 89.3 Å². The van der Waals surface area contributed by atoms with Gasteiger partial charge in [-0.05, 0) is 19.0 Å². The van der Waals surface area contributed by atoms with Crippen molar-refractivity contribution < 1.29 is 9.90 Å². The van der Waals surface area contributed by atoms with Gasteiger partial charge in [-0.3, -0.25) is 4.79 Å². The minimum absolute atomic E-state index is 0.385. The number of aliphatic carboxylic acids is 1. The first-order chi connectivity index (χ1) is 6.70. The van der Waals surface area contributed by atoms with Crippen molar-refractivity contribution in [1.29, 1.82) is 0 Å². The Morgan fingerprint density at radius 2 is 1.86 bits per heavy atom. The molecule has 0 aliphatic carbocycles. The zero-order valence-corrected chi connectivity index (χ0v) is 8.18. The third kappa shape index (κ3) is 4.59. The van der Waals surface area contributed by atoms with E-state index in [9.17, 15) is 4.79 Å². The molecule has 0 bridgehead atoms. The largest absolute Gasteiger partial charge is 0.480 e. The number of carboxylic acids is 1. The fourth-order valence-corrected chi connectivity index (χ4v) is 0.955. The molecule has 5 N–H and O–H groups in total. The highest BCUT2D eigenvalue weighted by Gasteiger charge is 2.10. The maximum atomic E-state index is 10.4. The second-order valence-corrected chi connectivity index (χ2v) is 2.63. The molecule has 0 aromatic heterocycles. The van der Waals surface area contributed by atoms with Crippen molar-refractivity contribution >= 4 is 5.97 Å². The van der Waals surface area contributed by atoms with Crippen LogP contribution in [0.1, 0.15) is 5.56 Å². The number of carboxylic acid groups (broad SMARTS) is 1. The van der Waals surface area contributed by atoms with E-state index in [1.54, 1.807) is 0 Å². The zero-order valence-electron chi connectivity index (χ0n) is 8.18. The van der Waals surface area contributed by atoms with E-state index in [-0.39, 0.29) is 0 Å². The summed E-state index contributed by atoms with van der Waals surface area (Å²) in [7, 11) is 1.50. The molecular weight excluding hydrogens is 180 g/mol. The Bertz CT molecular complexity index is 262. The highest BCUT2D eigenvalue weighted by molar-refractivity contribution is 5.73. The third-order valence-corrected chi connectivity index (χ3v) is 1.62. The highest BCUT2D eigenvalue weighted by Crippen LogP contribution is 2.01. The zero-order chi connectivity index (χ0) is 11.0. The van der Waals surface area contributed by atoms with Crippen LogP contribution in [-0.4, -0.2) is 24.2 Å². The molecule has 1 rings (SSSR count). The lowest BCUT2D eigenvalue weighted by Crippen LogP contribution is -2.32. The molecule has 1 aromatic rings. The summed E-state index contributed by atoms with van der Waals surface area (Å²) in [5.74, 6) is -0.959. The summed E-state index contributed by atoms with van der Waals surface area (Å²) < 4.78 is 0. The van der Waals surface area contributed by atoms with Gasteiger partial charge in [0.1, 0.15) is 6.04 Å². The molecule has 0 saturated heterocycles. The molecule has 78 valence electrons. The molecule has 0 spiro atoms. The lowest BCUT2D eigenvalue weighted by Gasteiger charge is -2.04. The van der Waals surface area contributed by atoms with Crippen LogP contribution in [0.15, 0.2) is 30.3 Å². The van der Waals surface area contributed by atoms with Gasteiger partial charge in [0.15, 0.2) is 0 Å². The van der Waals surface area contributed by atoms with Gasteiger partial charge in [-0.25, -0.2) is 0 Å². The maximum Gasteiger partial charge on any atom is 0.320 e. The molecule has 0 radical (unpaired) electrons. The Kier molecular flexibility index (Phi) is 6.36. The van der Waals surface area contributed by atoms with Gasteiger partial charge in [0.2, 0.25) is 0 Å². The number of benzene rings is 1. The fourth-order valence-electron chi connectivity index (χ4n) is 0.955. The maximum absolute atomic E-state index is 10.4. The SMILES string of the molecule is CN.NC(Cc1ccccc1)C(=O)O. The normalized spacial score (nSPS) is 11.1. The van der Waals surface area contributed by atoms with E-state index in [0.717, 1.165) is 5.56 Å². The van der Waals surface area contributed by atoms with Crippen LogP contribution >= 0.6 is 0 Å². The third-order valence-electron chi connectivity index (χ3n) is 1.62. The summed E-state index contributed by atoms with van der Waals surface area (Å²) in [6.45, 7) is 0. The summed E-state index contributed by atoms with van der Waals surface area (Å²) in [6.07, 6.45) is 0.385. The Balaban J connectivity index is 0.000000791. The molecule has 1 aromatic carbocycles. The van der Waals surface area contributed by atoms with E-state index in [4.69, 9.17) is 10.8 Å². The van der Waals surface area contributed by atoms with Gasteiger partial charge in [0.05, 0.1) is 0 Å². The number of rotatable bonds is 3. The molecule has 0 heterocycles. The first-order valence-corrected chi connectivity index (χ1v) is 4.30. The molecular formula is C10H16N2O2. The monoisotopic (exact) mass is 196 g/mol. The van der Waals surface area contributed by atoms with Gasteiger partial charge in [0, 0.05) is 0 Å². The number of hydrogen-bond donors (Lipinski definition) is 3. The molecule has 0 saturated carbocycles. The van der Waals surface area contributed by atoms with Gasteiger partial charge in [-0.1, -0.05) is 30.3 Å². The van der Waals surface area contributed by atoms with Crippen molar-refractivity contribution in [2.75, 3.05) is 7.05 Å². The summed E-state index contributed by atoms with van der Waals surface area (Å²) in [6, 6.07) is 8.54. The van der Waals surface area contributed by atoms with Crippen molar-refractivity contribution in [2.24, 2.45) is 11.5 Å². The predicted octanol–water partition coefficient (Wildman–Crippen LogP) is 0.216.